The second kappa shape index (κ2) is 8.06. The van der Waals surface area contributed by atoms with E-state index >= 15 is 0 Å². The molecule has 0 atom stereocenters. The molecule has 0 saturated heterocycles. The lowest BCUT2D eigenvalue weighted by Gasteiger charge is -2.22. The highest BCUT2D eigenvalue weighted by Crippen LogP contribution is 2.32. The van der Waals surface area contributed by atoms with Gasteiger partial charge in [-0.1, -0.05) is 55.7 Å². The van der Waals surface area contributed by atoms with Gasteiger partial charge in [0.1, 0.15) is 5.82 Å². The van der Waals surface area contributed by atoms with Gasteiger partial charge in [-0.3, -0.25) is 4.79 Å². The van der Waals surface area contributed by atoms with Gasteiger partial charge in [0.2, 0.25) is 0 Å². The molecular formula is C21H23FN2O. The van der Waals surface area contributed by atoms with Gasteiger partial charge < -0.3 is 0 Å². The van der Waals surface area contributed by atoms with Gasteiger partial charge in [-0.25, -0.2) is 9.82 Å². The number of hydrogen-bond acceptors (Lipinski definition) is 2. The van der Waals surface area contributed by atoms with E-state index in [1.165, 1.54) is 49.8 Å². The Morgan fingerprint density at radius 1 is 1.04 bits per heavy atom. The van der Waals surface area contributed by atoms with E-state index in [0.717, 1.165) is 5.56 Å². The van der Waals surface area contributed by atoms with Gasteiger partial charge in [0, 0.05) is 0 Å². The third-order valence-electron chi connectivity index (χ3n) is 4.85. The normalized spacial score (nSPS) is 15.8. The Bertz CT molecular complexity index is 762. The van der Waals surface area contributed by atoms with Gasteiger partial charge in [0.15, 0.2) is 0 Å². The lowest BCUT2D eigenvalue weighted by atomic mass is 9.84. The zero-order valence-corrected chi connectivity index (χ0v) is 14.5. The Labute approximate surface area is 148 Å². The number of carbonyl (C=O) groups is 1. The molecule has 0 aliphatic heterocycles. The SMILES string of the molecule is CC(=NNC(=O)c1ccccc1F)c1ccc(C2CCCCC2)cc1. The highest BCUT2D eigenvalue weighted by Gasteiger charge is 2.15. The highest BCUT2D eigenvalue weighted by molar-refractivity contribution is 6.00. The maximum absolute atomic E-state index is 13.6. The number of nitrogens with zero attached hydrogens (tertiary/aromatic N) is 1. The van der Waals surface area contributed by atoms with Crippen LogP contribution in [0.3, 0.4) is 0 Å². The minimum Gasteiger partial charge on any atom is -0.267 e. The van der Waals surface area contributed by atoms with Crippen LogP contribution < -0.4 is 5.43 Å². The molecule has 1 fully saturated rings. The molecule has 4 heteroatoms. The van der Waals surface area contributed by atoms with Gasteiger partial charge in [0.05, 0.1) is 11.3 Å². The third kappa shape index (κ3) is 4.32. The molecule has 1 aliphatic carbocycles. The van der Waals surface area contributed by atoms with Crippen LogP contribution in [0.25, 0.3) is 0 Å². The number of hydrazone groups is 1. The maximum Gasteiger partial charge on any atom is 0.274 e. The average Bonchev–Trinajstić information content (AvgIpc) is 2.67. The van der Waals surface area contributed by atoms with Crippen molar-refractivity contribution in [3.63, 3.8) is 0 Å². The molecule has 0 bridgehead atoms. The van der Waals surface area contributed by atoms with Crippen molar-refractivity contribution in [2.24, 2.45) is 5.10 Å². The van der Waals surface area contributed by atoms with Gasteiger partial charge in [-0.05, 0) is 48.9 Å². The number of benzene rings is 2. The van der Waals surface area contributed by atoms with Crippen molar-refractivity contribution in [1.82, 2.24) is 5.43 Å². The van der Waals surface area contributed by atoms with E-state index in [0.29, 0.717) is 11.6 Å². The fourth-order valence-corrected chi connectivity index (χ4v) is 3.34. The Balaban J connectivity index is 1.66. The molecular weight excluding hydrogens is 315 g/mol. The van der Waals surface area contributed by atoms with Crippen LogP contribution in [0, 0.1) is 5.82 Å². The van der Waals surface area contributed by atoms with E-state index in [1.54, 1.807) is 12.1 Å². The Morgan fingerprint density at radius 2 is 1.72 bits per heavy atom. The van der Waals surface area contributed by atoms with Crippen LogP contribution >= 0.6 is 0 Å². The van der Waals surface area contributed by atoms with Crippen LogP contribution in [0.5, 0.6) is 0 Å². The van der Waals surface area contributed by atoms with E-state index in [1.807, 2.05) is 19.1 Å². The second-order valence-electron chi connectivity index (χ2n) is 6.57. The summed E-state index contributed by atoms with van der Waals surface area (Å²) in [5.74, 6) is -0.429. The van der Waals surface area contributed by atoms with Crippen molar-refractivity contribution in [3.05, 3.63) is 71.0 Å². The lowest BCUT2D eigenvalue weighted by Crippen LogP contribution is -2.20. The number of amides is 1. The summed E-state index contributed by atoms with van der Waals surface area (Å²) in [5, 5.41) is 4.10. The zero-order valence-electron chi connectivity index (χ0n) is 14.5. The van der Waals surface area contributed by atoms with E-state index < -0.39 is 11.7 Å². The predicted octanol–water partition coefficient (Wildman–Crippen LogP) is 5.03. The van der Waals surface area contributed by atoms with Crippen molar-refractivity contribution in [1.29, 1.82) is 0 Å². The summed E-state index contributed by atoms with van der Waals surface area (Å²) in [7, 11) is 0. The van der Waals surface area contributed by atoms with Crippen molar-refractivity contribution in [3.8, 4) is 0 Å². The topological polar surface area (TPSA) is 41.5 Å². The first-order valence-corrected chi connectivity index (χ1v) is 8.84. The number of halogens is 1. The zero-order chi connectivity index (χ0) is 17.6. The standard InChI is InChI=1S/C21H23FN2O/c1-15(23-24-21(25)19-9-5-6-10-20(19)22)16-11-13-18(14-12-16)17-7-3-2-4-8-17/h5-6,9-14,17H,2-4,7-8H2,1H3,(H,24,25). The number of hydrogen-bond donors (Lipinski definition) is 1. The summed E-state index contributed by atoms with van der Waals surface area (Å²) in [6.07, 6.45) is 6.52. The number of rotatable bonds is 4. The molecule has 0 spiro atoms. The molecule has 1 amide bonds. The van der Waals surface area contributed by atoms with Crippen LogP contribution in [-0.2, 0) is 0 Å². The van der Waals surface area contributed by atoms with Crippen molar-refractivity contribution in [2.45, 2.75) is 44.9 Å². The molecule has 0 aromatic heterocycles. The fourth-order valence-electron chi connectivity index (χ4n) is 3.34. The molecule has 25 heavy (non-hydrogen) atoms. The lowest BCUT2D eigenvalue weighted by molar-refractivity contribution is 0.0951. The van der Waals surface area contributed by atoms with E-state index in [9.17, 15) is 9.18 Å². The van der Waals surface area contributed by atoms with Crippen LogP contribution in [0.1, 0.15) is 66.4 Å². The van der Waals surface area contributed by atoms with E-state index in [-0.39, 0.29) is 5.56 Å². The van der Waals surface area contributed by atoms with Crippen LogP contribution in [0.2, 0.25) is 0 Å². The van der Waals surface area contributed by atoms with Crippen molar-refractivity contribution < 1.29 is 9.18 Å². The first kappa shape index (κ1) is 17.3. The quantitative estimate of drug-likeness (QED) is 0.617. The van der Waals surface area contributed by atoms with Gasteiger partial charge in [-0.15, -0.1) is 0 Å². The molecule has 2 aromatic rings. The summed E-state index contributed by atoms with van der Waals surface area (Å²) in [6, 6.07) is 14.3. The minimum absolute atomic E-state index is 0.00769. The predicted molar refractivity (Wildman–Crippen MR) is 98.3 cm³/mol. The second-order valence-corrected chi connectivity index (χ2v) is 6.57. The summed E-state index contributed by atoms with van der Waals surface area (Å²) < 4.78 is 13.6. The fraction of sp³-hybridized carbons (Fsp3) is 0.333. The Hall–Kier alpha value is -2.49. The van der Waals surface area contributed by atoms with Crippen molar-refractivity contribution in [2.75, 3.05) is 0 Å². The van der Waals surface area contributed by atoms with Crippen LogP contribution in [0.4, 0.5) is 4.39 Å². The molecule has 1 N–H and O–H groups in total. The summed E-state index contributed by atoms with van der Waals surface area (Å²) in [6.45, 7) is 1.83. The number of nitrogens with one attached hydrogen (secondary N) is 1. The molecule has 3 rings (SSSR count). The molecule has 1 aliphatic rings. The van der Waals surface area contributed by atoms with E-state index in [4.69, 9.17) is 0 Å². The average molecular weight is 338 g/mol. The molecule has 2 aromatic carbocycles. The Morgan fingerprint density at radius 3 is 2.40 bits per heavy atom. The van der Waals surface area contributed by atoms with E-state index in [2.05, 4.69) is 22.7 Å². The molecule has 0 radical (unpaired) electrons. The largest absolute Gasteiger partial charge is 0.274 e. The first-order chi connectivity index (χ1) is 12.1. The molecule has 0 heterocycles. The Kier molecular flexibility index (Phi) is 5.59. The van der Waals surface area contributed by atoms with Crippen LogP contribution in [0.15, 0.2) is 53.6 Å². The first-order valence-electron chi connectivity index (χ1n) is 8.84. The van der Waals surface area contributed by atoms with Crippen molar-refractivity contribution >= 4 is 11.6 Å². The highest BCUT2D eigenvalue weighted by atomic mass is 19.1. The molecule has 130 valence electrons. The minimum atomic E-state index is -0.551. The van der Waals surface area contributed by atoms with Gasteiger partial charge >= 0.3 is 0 Å². The summed E-state index contributed by atoms with van der Waals surface area (Å²) in [4.78, 5) is 12.0. The molecule has 3 nitrogen and oxygen atoms in total. The third-order valence-corrected chi connectivity index (χ3v) is 4.85. The summed E-state index contributed by atoms with van der Waals surface area (Å²) in [5.41, 5.74) is 5.45. The van der Waals surface area contributed by atoms with Gasteiger partial charge in [-0.2, -0.15) is 5.10 Å². The van der Waals surface area contributed by atoms with Crippen LogP contribution in [-0.4, -0.2) is 11.6 Å². The monoisotopic (exact) mass is 338 g/mol. The smallest absolute Gasteiger partial charge is 0.267 e. The molecule has 0 unspecified atom stereocenters. The molecule has 1 saturated carbocycles. The summed E-state index contributed by atoms with van der Waals surface area (Å²) >= 11 is 0. The number of carbonyl (C=O) groups excluding carboxylic acids is 1. The maximum atomic E-state index is 13.6. The van der Waals surface area contributed by atoms with Gasteiger partial charge in [0.25, 0.3) is 5.91 Å².